The summed E-state index contributed by atoms with van der Waals surface area (Å²) in [5.74, 6) is 2.11. The van der Waals surface area contributed by atoms with Gasteiger partial charge in [-0.05, 0) is 75.0 Å². The van der Waals surface area contributed by atoms with Crippen molar-refractivity contribution in [1.82, 2.24) is 0 Å². The molecule has 1 unspecified atom stereocenters. The van der Waals surface area contributed by atoms with Crippen LogP contribution in [0.5, 0.6) is 0 Å². The molecule has 1 nitrogen and oxygen atoms in total. The van der Waals surface area contributed by atoms with Crippen molar-refractivity contribution in [1.29, 1.82) is 0 Å². The quantitative estimate of drug-likeness (QED) is 0.729. The van der Waals surface area contributed by atoms with Crippen molar-refractivity contribution in [3.63, 3.8) is 0 Å². The van der Waals surface area contributed by atoms with Crippen molar-refractivity contribution in [2.24, 2.45) is 29.1 Å². The normalized spacial score (nSPS) is 43.5. The number of carbonyl (C=O) groups excluding carboxylic acids is 1. The molecule has 0 spiro atoms. The third kappa shape index (κ3) is 2.36. The van der Waals surface area contributed by atoms with Gasteiger partial charge < -0.3 is 0 Å². The lowest BCUT2D eigenvalue weighted by Gasteiger charge is -2.58. The molecule has 4 aliphatic rings. The Hall–Kier alpha value is -0.400. The fourth-order valence-corrected chi connectivity index (χ4v) is 5.90. The van der Waals surface area contributed by atoms with E-state index in [2.05, 4.69) is 0 Å². The molecule has 4 bridgehead atoms. The van der Waals surface area contributed by atoms with Gasteiger partial charge in [0.15, 0.2) is 11.5 Å². The van der Waals surface area contributed by atoms with E-state index in [9.17, 15) is 9.18 Å². The van der Waals surface area contributed by atoms with Gasteiger partial charge in [-0.15, -0.1) is 0 Å². The van der Waals surface area contributed by atoms with Crippen LogP contribution in [0.3, 0.4) is 0 Å². The zero-order chi connectivity index (χ0) is 13.8. The van der Waals surface area contributed by atoms with Crippen LogP contribution in [-0.4, -0.2) is 11.5 Å². The molecule has 0 saturated heterocycles. The number of hydrogen-bond acceptors (Lipinski definition) is 1. The van der Waals surface area contributed by atoms with Gasteiger partial charge in [-0.1, -0.05) is 13.8 Å². The summed E-state index contributed by atoms with van der Waals surface area (Å²) in [4.78, 5) is 12.1. The predicted octanol–water partition coefficient (Wildman–Crippen LogP) is 4.55. The Bertz CT molecular complexity index is 347. The highest BCUT2D eigenvalue weighted by Gasteiger charge is 2.54. The summed E-state index contributed by atoms with van der Waals surface area (Å²) in [6.07, 6.45) is 8.17. The van der Waals surface area contributed by atoms with Crippen LogP contribution in [-0.2, 0) is 4.79 Å². The summed E-state index contributed by atoms with van der Waals surface area (Å²) in [5, 5.41) is 0. The van der Waals surface area contributed by atoms with Crippen molar-refractivity contribution in [3.05, 3.63) is 0 Å². The first-order valence-electron chi connectivity index (χ1n) is 8.03. The standard InChI is InChI=1S/C17H27FO/c1-11(2)15(19)16(3,18)10-17-7-12-4-13(8-17)6-14(5-12)9-17/h11-14H,4-10H2,1-3H3. The van der Waals surface area contributed by atoms with Crippen LogP contribution in [0.15, 0.2) is 0 Å². The molecule has 0 aliphatic heterocycles. The lowest BCUT2D eigenvalue weighted by atomic mass is 9.48. The van der Waals surface area contributed by atoms with Crippen LogP contribution in [0.1, 0.15) is 65.7 Å². The van der Waals surface area contributed by atoms with Crippen molar-refractivity contribution in [3.8, 4) is 0 Å². The van der Waals surface area contributed by atoms with E-state index < -0.39 is 5.67 Å². The van der Waals surface area contributed by atoms with Crippen LogP contribution in [0.4, 0.5) is 4.39 Å². The predicted molar refractivity (Wildman–Crippen MR) is 74.6 cm³/mol. The first-order valence-corrected chi connectivity index (χ1v) is 8.03. The van der Waals surface area contributed by atoms with Crippen LogP contribution in [0.25, 0.3) is 0 Å². The summed E-state index contributed by atoms with van der Waals surface area (Å²) >= 11 is 0. The molecule has 4 aliphatic carbocycles. The molecule has 4 saturated carbocycles. The Morgan fingerprint density at radius 3 is 1.95 bits per heavy atom. The Balaban J connectivity index is 1.77. The van der Waals surface area contributed by atoms with Crippen LogP contribution in [0.2, 0.25) is 0 Å². The Morgan fingerprint density at radius 1 is 1.16 bits per heavy atom. The summed E-state index contributed by atoms with van der Waals surface area (Å²) in [7, 11) is 0. The fourth-order valence-electron chi connectivity index (χ4n) is 5.90. The van der Waals surface area contributed by atoms with Gasteiger partial charge in [0.25, 0.3) is 0 Å². The molecule has 4 rings (SSSR count). The van der Waals surface area contributed by atoms with E-state index >= 15 is 0 Å². The van der Waals surface area contributed by atoms with Crippen molar-refractivity contribution in [2.75, 3.05) is 0 Å². The second kappa shape index (κ2) is 4.30. The van der Waals surface area contributed by atoms with Gasteiger partial charge in [0, 0.05) is 5.92 Å². The van der Waals surface area contributed by atoms with Crippen molar-refractivity contribution >= 4 is 5.78 Å². The number of rotatable bonds is 4. The minimum absolute atomic E-state index is 0.156. The minimum Gasteiger partial charge on any atom is -0.296 e. The van der Waals surface area contributed by atoms with Crippen LogP contribution < -0.4 is 0 Å². The molecule has 0 heterocycles. The summed E-state index contributed by atoms with van der Waals surface area (Å²) < 4.78 is 14.9. The Kier molecular flexibility index (Phi) is 3.07. The van der Waals surface area contributed by atoms with E-state index in [0.29, 0.717) is 6.42 Å². The third-order valence-corrected chi connectivity index (χ3v) is 5.91. The maximum Gasteiger partial charge on any atom is 0.172 e. The average molecular weight is 266 g/mol. The molecular formula is C17H27FO. The molecule has 0 aromatic heterocycles. The van der Waals surface area contributed by atoms with E-state index in [-0.39, 0.29) is 17.1 Å². The van der Waals surface area contributed by atoms with Gasteiger partial charge in [-0.3, -0.25) is 4.79 Å². The van der Waals surface area contributed by atoms with Gasteiger partial charge in [0.2, 0.25) is 0 Å². The monoisotopic (exact) mass is 266 g/mol. The molecule has 0 aromatic rings. The van der Waals surface area contributed by atoms with Crippen LogP contribution >= 0.6 is 0 Å². The second-order valence-corrected chi connectivity index (χ2v) is 8.31. The third-order valence-electron chi connectivity index (χ3n) is 5.91. The number of alkyl halides is 1. The molecule has 0 amide bonds. The Morgan fingerprint density at radius 2 is 1.58 bits per heavy atom. The van der Waals surface area contributed by atoms with Gasteiger partial charge in [0.05, 0.1) is 0 Å². The first kappa shape index (κ1) is 13.6. The molecule has 108 valence electrons. The highest BCUT2D eigenvalue weighted by molar-refractivity contribution is 5.88. The van der Waals surface area contributed by atoms with Gasteiger partial charge in [-0.25, -0.2) is 4.39 Å². The van der Waals surface area contributed by atoms with E-state index in [1.807, 2.05) is 13.8 Å². The maximum atomic E-state index is 14.9. The first-order chi connectivity index (χ1) is 8.80. The molecule has 0 aromatic carbocycles. The van der Waals surface area contributed by atoms with E-state index in [1.165, 1.54) is 45.4 Å². The SMILES string of the molecule is CC(C)C(=O)C(C)(F)CC12CC3CC(CC(C3)C1)C2. The maximum absolute atomic E-state index is 14.9. The number of ketones is 1. The van der Waals surface area contributed by atoms with E-state index in [0.717, 1.165) is 17.8 Å². The highest BCUT2D eigenvalue weighted by atomic mass is 19.1. The minimum atomic E-state index is -1.61. The molecule has 4 fully saturated rings. The molecule has 1 atom stereocenters. The molecule has 2 heteroatoms. The molecule has 19 heavy (non-hydrogen) atoms. The average Bonchev–Trinajstić information content (AvgIpc) is 2.24. The van der Waals surface area contributed by atoms with Crippen molar-refractivity contribution < 1.29 is 9.18 Å². The fraction of sp³-hybridized carbons (Fsp3) is 0.941. The van der Waals surface area contributed by atoms with Gasteiger partial charge in [0.1, 0.15) is 0 Å². The smallest absolute Gasteiger partial charge is 0.172 e. The topological polar surface area (TPSA) is 17.1 Å². The number of hydrogen-bond donors (Lipinski definition) is 0. The van der Waals surface area contributed by atoms with Gasteiger partial charge in [-0.2, -0.15) is 0 Å². The number of carbonyl (C=O) groups is 1. The zero-order valence-corrected chi connectivity index (χ0v) is 12.5. The zero-order valence-electron chi connectivity index (χ0n) is 12.5. The number of halogens is 1. The van der Waals surface area contributed by atoms with Crippen LogP contribution in [0, 0.1) is 29.1 Å². The van der Waals surface area contributed by atoms with Gasteiger partial charge >= 0.3 is 0 Å². The lowest BCUT2D eigenvalue weighted by molar-refractivity contribution is -0.140. The molecule has 0 radical (unpaired) electrons. The highest BCUT2D eigenvalue weighted by Crippen LogP contribution is 2.62. The molecular weight excluding hydrogens is 239 g/mol. The number of Topliss-reactive ketones (excluding diaryl/α,β-unsaturated/α-hetero) is 1. The summed E-state index contributed by atoms with van der Waals surface area (Å²) in [6, 6.07) is 0. The van der Waals surface area contributed by atoms with E-state index in [4.69, 9.17) is 0 Å². The molecule has 0 N–H and O–H groups in total. The second-order valence-electron chi connectivity index (χ2n) is 8.31. The summed E-state index contributed by atoms with van der Waals surface area (Å²) in [5.41, 5.74) is -1.46. The lowest BCUT2D eigenvalue weighted by Crippen LogP contribution is -2.50. The largest absolute Gasteiger partial charge is 0.296 e. The van der Waals surface area contributed by atoms with Crippen molar-refractivity contribution in [2.45, 2.75) is 71.4 Å². The Labute approximate surface area is 116 Å². The van der Waals surface area contributed by atoms with E-state index in [1.54, 1.807) is 0 Å². The summed E-state index contributed by atoms with van der Waals surface area (Å²) in [6.45, 7) is 5.17.